The van der Waals surface area contributed by atoms with E-state index in [1.807, 2.05) is 59.6 Å². The Morgan fingerprint density at radius 2 is 2.00 bits per heavy atom. The Bertz CT molecular complexity index is 859. The first-order valence-corrected chi connectivity index (χ1v) is 11.0. The van der Waals surface area contributed by atoms with Gasteiger partial charge in [0.1, 0.15) is 16.5 Å². The molecule has 1 aliphatic heterocycles. The summed E-state index contributed by atoms with van der Waals surface area (Å²) in [6.07, 6.45) is 1.69. The van der Waals surface area contributed by atoms with Crippen molar-refractivity contribution in [2.45, 2.75) is 6.04 Å². The third kappa shape index (κ3) is 4.43. The summed E-state index contributed by atoms with van der Waals surface area (Å²) in [4.78, 5) is 19.5. The lowest BCUT2D eigenvalue weighted by Crippen LogP contribution is -2.42. The van der Waals surface area contributed by atoms with Crippen molar-refractivity contribution >= 4 is 29.0 Å². The standard InChI is InChI=1S/C20H21N3O2S2/c24-19(16-14-27-20(22-16)15-5-2-1-3-6-15)21-13-17(18-7-4-10-25-18)23-8-11-26-12-9-23/h1-7,10,14,17H,8-9,11-13H2,(H,21,24). The van der Waals surface area contributed by atoms with Crippen LogP contribution in [0.25, 0.3) is 10.6 Å². The Labute approximate surface area is 166 Å². The molecule has 1 atom stereocenters. The summed E-state index contributed by atoms with van der Waals surface area (Å²) < 4.78 is 5.64. The fraction of sp³-hybridized carbons (Fsp3) is 0.300. The smallest absolute Gasteiger partial charge is 0.270 e. The number of hydrogen-bond acceptors (Lipinski definition) is 6. The van der Waals surface area contributed by atoms with E-state index in [0.29, 0.717) is 12.2 Å². The molecule has 1 amide bonds. The van der Waals surface area contributed by atoms with Gasteiger partial charge in [-0.25, -0.2) is 4.98 Å². The second-order valence-electron chi connectivity index (χ2n) is 6.29. The number of rotatable bonds is 6. The zero-order chi connectivity index (χ0) is 18.5. The number of thioether (sulfide) groups is 1. The van der Waals surface area contributed by atoms with E-state index < -0.39 is 0 Å². The maximum atomic E-state index is 12.6. The number of amides is 1. The Hall–Kier alpha value is -2.09. The van der Waals surface area contributed by atoms with Crippen molar-refractivity contribution in [2.24, 2.45) is 0 Å². The summed E-state index contributed by atoms with van der Waals surface area (Å²) in [6, 6.07) is 13.9. The van der Waals surface area contributed by atoms with Gasteiger partial charge in [-0.3, -0.25) is 9.69 Å². The molecular weight excluding hydrogens is 378 g/mol. The van der Waals surface area contributed by atoms with Crippen LogP contribution in [0.15, 0.2) is 58.5 Å². The van der Waals surface area contributed by atoms with E-state index in [1.54, 1.807) is 6.26 Å². The van der Waals surface area contributed by atoms with Gasteiger partial charge in [-0.05, 0) is 12.1 Å². The lowest BCUT2D eigenvalue weighted by molar-refractivity contribution is 0.0925. The molecular formula is C20H21N3O2S2. The molecule has 5 nitrogen and oxygen atoms in total. The molecule has 0 spiro atoms. The van der Waals surface area contributed by atoms with Gasteiger partial charge in [0, 0.05) is 42.1 Å². The van der Waals surface area contributed by atoms with Crippen LogP contribution in [0.5, 0.6) is 0 Å². The van der Waals surface area contributed by atoms with Crippen LogP contribution in [0.4, 0.5) is 0 Å². The zero-order valence-electron chi connectivity index (χ0n) is 14.8. The number of benzene rings is 1. The van der Waals surface area contributed by atoms with Crippen LogP contribution >= 0.6 is 23.1 Å². The number of carbonyl (C=O) groups is 1. The first-order chi connectivity index (χ1) is 13.3. The van der Waals surface area contributed by atoms with Gasteiger partial charge in [-0.1, -0.05) is 30.3 Å². The van der Waals surface area contributed by atoms with Crippen LogP contribution in [-0.2, 0) is 0 Å². The summed E-state index contributed by atoms with van der Waals surface area (Å²) >= 11 is 3.45. The van der Waals surface area contributed by atoms with Crippen LogP contribution < -0.4 is 5.32 Å². The van der Waals surface area contributed by atoms with E-state index in [9.17, 15) is 4.79 Å². The van der Waals surface area contributed by atoms with Crippen LogP contribution in [0.2, 0.25) is 0 Å². The minimum absolute atomic E-state index is 0.0529. The van der Waals surface area contributed by atoms with E-state index in [0.717, 1.165) is 40.9 Å². The summed E-state index contributed by atoms with van der Waals surface area (Å²) in [5, 5.41) is 5.72. The highest BCUT2D eigenvalue weighted by atomic mass is 32.2. The van der Waals surface area contributed by atoms with E-state index in [4.69, 9.17) is 4.42 Å². The maximum absolute atomic E-state index is 12.6. The van der Waals surface area contributed by atoms with Gasteiger partial charge in [0.05, 0.1) is 12.3 Å². The number of hydrogen-bond donors (Lipinski definition) is 1. The number of aromatic nitrogens is 1. The van der Waals surface area contributed by atoms with Gasteiger partial charge in [-0.2, -0.15) is 11.8 Å². The Kier molecular flexibility index (Phi) is 5.91. The molecule has 140 valence electrons. The average Bonchev–Trinajstić information content (AvgIpc) is 3.42. The second kappa shape index (κ2) is 8.73. The first kappa shape index (κ1) is 18.3. The predicted octanol–water partition coefficient (Wildman–Crippen LogP) is 3.92. The highest BCUT2D eigenvalue weighted by Crippen LogP contribution is 2.25. The van der Waals surface area contributed by atoms with Gasteiger partial charge in [-0.15, -0.1) is 11.3 Å². The molecule has 2 aromatic heterocycles. The van der Waals surface area contributed by atoms with E-state index >= 15 is 0 Å². The van der Waals surface area contributed by atoms with Gasteiger partial charge < -0.3 is 9.73 Å². The average molecular weight is 400 g/mol. The molecule has 0 saturated carbocycles. The van der Waals surface area contributed by atoms with Crippen molar-refractivity contribution in [3.05, 3.63) is 65.6 Å². The summed E-state index contributed by atoms with van der Waals surface area (Å²) in [7, 11) is 0. The lowest BCUT2D eigenvalue weighted by Gasteiger charge is -2.33. The minimum Gasteiger partial charge on any atom is -0.468 e. The molecule has 1 N–H and O–H groups in total. The van der Waals surface area contributed by atoms with Crippen LogP contribution in [0.3, 0.4) is 0 Å². The number of nitrogens with zero attached hydrogens (tertiary/aromatic N) is 2. The summed E-state index contributed by atoms with van der Waals surface area (Å²) in [5.74, 6) is 2.97. The molecule has 0 radical (unpaired) electrons. The molecule has 0 aliphatic carbocycles. The number of nitrogens with one attached hydrogen (secondary N) is 1. The molecule has 1 saturated heterocycles. The quantitative estimate of drug-likeness (QED) is 0.681. The number of thiazole rings is 1. The van der Waals surface area contributed by atoms with Crippen LogP contribution in [-0.4, -0.2) is 46.9 Å². The monoisotopic (exact) mass is 399 g/mol. The van der Waals surface area contributed by atoms with Gasteiger partial charge in [0.25, 0.3) is 5.91 Å². The normalized spacial score (nSPS) is 16.1. The van der Waals surface area contributed by atoms with E-state index in [2.05, 4.69) is 15.2 Å². The summed E-state index contributed by atoms with van der Waals surface area (Å²) in [6.45, 7) is 2.51. The first-order valence-electron chi connectivity index (χ1n) is 8.95. The van der Waals surface area contributed by atoms with E-state index in [-0.39, 0.29) is 11.9 Å². The lowest BCUT2D eigenvalue weighted by atomic mass is 10.1. The fourth-order valence-corrected chi connectivity index (χ4v) is 4.89. The van der Waals surface area contributed by atoms with Crippen molar-refractivity contribution in [1.82, 2.24) is 15.2 Å². The Morgan fingerprint density at radius 3 is 2.74 bits per heavy atom. The van der Waals surface area contributed by atoms with Crippen LogP contribution in [0, 0.1) is 0 Å². The molecule has 1 aliphatic rings. The highest BCUT2D eigenvalue weighted by Gasteiger charge is 2.25. The molecule has 27 heavy (non-hydrogen) atoms. The molecule has 0 bridgehead atoms. The maximum Gasteiger partial charge on any atom is 0.270 e. The van der Waals surface area contributed by atoms with Gasteiger partial charge >= 0.3 is 0 Å². The van der Waals surface area contributed by atoms with Gasteiger partial charge in [0.2, 0.25) is 0 Å². The largest absolute Gasteiger partial charge is 0.468 e. The van der Waals surface area contributed by atoms with Crippen molar-refractivity contribution in [3.63, 3.8) is 0 Å². The fourth-order valence-electron chi connectivity index (χ4n) is 3.15. The van der Waals surface area contributed by atoms with Crippen LogP contribution in [0.1, 0.15) is 22.3 Å². The van der Waals surface area contributed by atoms with E-state index in [1.165, 1.54) is 11.3 Å². The second-order valence-corrected chi connectivity index (χ2v) is 8.38. The third-order valence-electron chi connectivity index (χ3n) is 4.57. The highest BCUT2D eigenvalue weighted by molar-refractivity contribution is 7.99. The molecule has 3 heterocycles. The third-order valence-corrected chi connectivity index (χ3v) is 6.41. The summed E-state index contributed by atoms with van der Waals surface area (Å²) in [5.41, 5.74) is 1.49. The van der Waals surface area contributed by atoms with Crippen molar-refractivity contribution in [1.29, 1.82) is 0 Å². The van der Waals surface area contributed by atoms with Gasteiger partial charge in [0.15, 0.2) is 0 Å². The molecule has 7 heteroatoms. The van der Waals surface area contributed by atoms with Crippen molar-refractivity contribution in [2.75, 3.05) is 31.1 Å². The molecule has 1 aromatic carbocycles. The Balaban J connectivity index is 1.43. The van der Waals surface area contributed by atoms with Crippen molar-refractivity contribution < 1.29 is 9.21 Å². The van der Waals surface area contributed by atoms with Crippen molar-refractivity contribution in [3.8, 4) is 10.6 Å². The molecule has 4 rings (SSSR count). The topological polar surface area (TPSA) is 58.4 Å². The Morgan fingerprint density at radius 1 is 1.19 bits per heavy atom. The molecule has 1 fully saturated rings. The molecule has 1 unspecified atom stereocenters. The molecule has 3 aromatic rings. The number of furan rings is 1. The number of carbonyl (C=O) groups excluding carboxylic acids is 1. The minimum atomic E-state index is -0.142. The zero-order valence-corrected chi connectivity index (χ0v) is 16.5. The predicted molar refractivity (Wildman–Crippen MR) is 110 cm³/mol. The SMILES string of the molecule is O=C(NCC(c1ccco1)N1CCSCC1)c1csc(-c2ccccc2)n1.